The molecule has 0 amide bonds. The average Bonchev–Trinajstić information content (AvgIpc) is 3.12. The summed E-state index contributed by atoms with van der Waals surface area (Å²) in [6, 6.07) is 0. The zero-order valence-corrected chi connectivity index (χ0v) is 15.7. The van der Waals surface area contributed by atoms with E-state index in [-0.39, 0.29) is 0 Å². The molecule has 2 rings (SSSR count). The number of aliphatic imine (C=N–C) groups is 1. The van der Waals surface area contributed by atoms with Crippen LogP contribution in [-0.2, 0) is 0 Å². The van der Waals surface area contributed by atoms with E-state index in [9.17, 15) is 0 Å². The van der Waals surface area contributed by atoms with Crippen LogP contribution in [0, 0.1) is 0 Å². The number of hydrogen-bond acceptors (Lipinski definition) is 4. The standard InChI is InChI=1S/C20H29N5/c1-5-9-16(6-2)20(18-14-23-25-19(18)15(3)4)24-17-10-7-12-21-22-13-8-11-17/h6-7,10-11,13-15,21H,5,8-9,12H2,1-4H3,(H,23,25)/b10-7-,16-6+,17-11+,22-13-,24-20+. The lowest BCUT2D eigenvalue weighted by Gasteiger charge is -2.13. The molecule has 0 atom stereocenters. The fourth-order valence-electron chi connectivity index (χ4n) is 2.76. The van der Waals surface area contributed by atoms with Gasteiger partial charge in [-0.05, 0) is 30.9 Å². The first kappa shape index (κ1) is 18.9. The second kappa shape index (κ2) is 9.77. The molecule has 0 spiro atoms. The van der Waals surface area contributed by atoms with E-state index in [1.807, 2.05) is 18.5 Å². The van der Waals surface area contributed by atoms with Crippen LogP contribution in [0.1, 0.15) is 64.1 Å². The van der Waals surface area contributed by atoms with Crippen molar-refractivity contribution >= 4 is 11.9 Å². The SMILES string of the molecule is C/C=C(CCC)/C(=N\C1=C\C/C=N\NC\C=C/1)c1c[nH]nc1C(C)C. The molecule has 0 unspecified atom stereocenters. The van der Waals surface area contributed by atoms with Gasteiger partial charge < -0.3 is 5.43 Å². The Morgan fingerprint density at radius 3 is 2.96 bits per heavy atom. The predicted octanol–water partition coefficient (Wildman–Crippen LogP) is 4.49. The van der Waals surface area contributed by atoms with Crippen molar-refractivity contribution in [1.29, 1.82) is 0 Å². The van der Waals surface area contributed by atoms with E-state index in [1.54, 1.807) is 0 Å². The van der Waals surface area contributed by atoms with Gasteiger partial charge in [-0.3, -0.25) is 5.10 Å². The van der Waals surface area contributed by atoms with E-state index in [0.717, 1.165) is 41.9 Å². The number of rotatable bonds is 6. The Morgan fingerprint density at radius 2 is 2.24 bits per heavy atom. The molecule has 0 radical (unpaired) electrons. The van der Waals surface area contributed by atoms with E-state index >= 15 is 0 Å². The van der Waals surface area contributed by atoms with Gasteiger partial charge in [0, 0.05) is 24.4 Å². The van der Waals surface area contributed by atoms with Crippen LogP contribution in [0.4, 0.5) is 0 Å². The van der Waals surface area contributed by atoms with Crippen LogP contribution in [0.25, 0.3) is 0 Å². The van der Waals surface area contributed by atoms with Gasteiger partial charge in [0.25, 0.3) is 0 Å². The lowest BCUT2D eigenvalue weighted by Crippen LogP contribution is -2.09. The van der Waals surface area contributed by atoms with Crippen LogP contribution in [0.2, 0.25) is 0 Å². The van der Waals surface area contributed by atoms with Crippen molar-refractivity contribution in [2.75, 3.05) is 6.54 Å². The summed E-state index contributed by atoms with van der Waals surface area (Å²) < 4.78 is 0. The maximum absolute atomic E-state index is 5.03. The zero-order valence-electron chi connectivity index (χ0n) is 15.7. The van der Waals surface area contributed by atoms with Crippen molar-refractivity contribution in [3.63, 3.8) is 0 Å². The quantitative estimate of drug-likeness (QED) is 0.750. The molecular formula is C20H29N5. The first-order valence-electron chi connectivity index (χ1n) is 9.06. The highest BCUT2D eigenvalue weighted by atomic mass is 15.3. The molecular weight excluding hydrogens is 310 g/mol. The van der Waals surface area contributed by atoms with Crippen molar-refractivity contribution in [1.82, 2.24) is 15.6 Å². The summed E-state index contributed by atoms with van der Waals surface area (Å²) in [5.41, 5.74) is 8.36. The molecule has 1 aliphatic heterocycles. The molecule has 0 saturated heterocycles. The number of nitrogens with zero attached hydrogens (tertiary/aromatic N) is 3. The maximum atomic E-state index is 5.03. The summed E-state index contributed by atoms with van der Waals surface area (Å²) in [5, 5.41) is 11.6. The average molecular weight is 339 g/mol. The Bertz CT molecular complexity index is 701. The van der Waals surface area contributed by atoms with E-state index in [1.165, 1.54) is 5.57 Å². The fraction of sp³-hybridized carbons (Fsp3) is 0.450. The number of hydrogen-bond donors (Lipinski definition) is 2. The molecule has 134 valence electrons. The summed E-state index contributed by atoms with van der Waals surface area (Å²) in [6.45, 7) is 9.30. The van der Waals surface area contributed by atoms with Crippen LogP contribution in [-0.4, -0.2) is 28.7 Å². The number of nitrogens with one attached hydrogen (secondary N) is 2. The van der Waals surface area contributed by atoms with Gasteiger partial charge in [0.2, 0.25) is 0 Å². The monoisotopic (exact) mass is 339 g/mol. The second-order valence-electron chi connectivity index (χ2n) is 6.30. The minimum atomic E-state index is 0.340. The molecule has 0 aliphatic carbocycles. The largest absolute Gasteiger partial charge is 0.307 e. The summed E-state index contributed by atoms with van der Waals surface area (Å²) in [7, 11) is 0. The molecule has 2 heterocycles. The highest BCUT2D eigenvalue weighted by molar-refractivity contribution is 6.13. The van der Waals surface area contributed by atoms with Crippen LogP contribution in [0.15, 0.2) is 51.9 Å². The third kappa shape index (κ3) is 5.28. The van der Waals surface area contributed by atoms with E-state index < -0.39 is 0 Å². The molecule has 0 saturated carbocycles. The van der Waals surface area contributed by atoms with Crippen molar-refractivity contribution in [2.24, 2.45) is 10.1 Å². The van der Waals surface area contributed by atoms with Crippen molar-refractivity contribution < 1.29 is 0 Å². The Balaban J connectivity index is 2.52. The topological polar surface area (TPSA) is 65.4 Å². The Morgan fingerprint density at radius 1 is 1.40 bits per heavy atom. The van der Waals surface area contributed by atoms with Gasteiger partial charge in [-0.15, -0.1) is 0 Å². The van der Waals surface area contributed by atoms with Crippen LogP contribution >= 0.6 is 0 Å². The van der Waals surface area contributed by atoms with E-state index in [4.69, 9.17) is 4.99 Å². The van der Waals surface area contributed by atoms with Crippen molar-refractivity contribution in [3.05, 3.63) is 53.0 Å². The minimum Gasteiger partial charge on any atom is -0.307 e. The molecule has 0 fully saturated rings. The molecule has 25 heavy (non-hydrogen) atoms. The smallest absolute Gasteiger partial charge is 0.0772 e. The zero-order chi connectivity index (χ0) is 18.1. The number of H-pyrrole nitrogens is 1. The summed E-state index contributed by atoms with van der Waals surface area (Å²) in [6.07, 6.45) is 15.0. The molecule has 5 heteroatoms. The lowest BCUT2D eigenvalue weighted by molar-refractivity contribution is 0.808. The maximum Gasteiger partial charge on any atom is 0.0772 e. The van der Waals surface area contributed by atoms with Gasteiger partial charge in [0.15, 0.2) is 0 Å². The van der Waals surface area contributed by atoms with Crippen LogP contribution < -0.4 is 5.43 Å². The number of hydrazone groups is 1. The first-order chi connectivity index (χ1) is 12.2. The van der Waals surface area contributed by atoms with E-state index in [2.05, 4.69) is 66.6 Å². The Kier molecular flexibility index (Phi) is 7.38. The van der Waals surface area contributed by atoms with Gasteiger partial charge in [-0.25, -0.2) is 4.99 Å². The van der Waals surface area contributed by atoms with Gasteiger partial charge in [0.1, 0.15) is 0 Å². The number of aromatic amines is 1. The van der Waals surface area contributed by atoms with Crippen LogP contribution in [0.5, 0.6) is 0 Å². The predicted molar refractivity (Wildman–Crippen MR) is 106 cm³/mol. The Labute approximate surface area is 150 Å². The molecule has 1 aromatic rings. The van der Waals surface area contributed by atoms with Crippen molar-refractivity contribution in [3.8, 4) is 0 Å². The van der Waals surface area contributed by atoms with Gasteiger partial charge in [0.05, 0.1) is 23.6 Å². The fourth-order valence-corrected chi connectivity index (χ4v) is 2.76. The van der Waals surface area contributed by atoms with Gasteiger partial charge in [-0.1, -0.05) is 45.4 Å². The first-order valence-corrected chi connectivity index (χ1v) is 9.06. The van der Waals surface area contributed by atoms with E-state index in [0.29, 0.717) is 12.5 Å². The summed E-state index contributed by atoms with van der Waals surface area (Å²) >= 11 is 0. The molecule has 1 aliphatic rings. The van der Waals surface area contributed by atoms with Crippen LogP contribution in [0.3, 0.4) is 0 Å². The molecule has 0 bridgehead atoms. The molecule has 1 aromatic heterocycles. The molecule has 0 aromatic carbocycles. The Hall–Kier alpha value is -2.43. The van der Waals surface area contributed by atoms with Gasteiger partial charge in [-0.2, -0.15) is 10.2 Å². The highest BCUT2D eigenvalue weighted by Crippen LogP contribution is 2.23. The normalized spacial score (nSPS) is 20.9. The summed E-state index contributed by atoms with van der Waals surface area (Å²) in [5.74, 6) is 0.340. The molecule has 5 nitrogen and oxygen atoms in total. The van der Waals surface area contributed by atoms with Crippen molar-refractivity contribution in [2.45, 2.75) is 52.9 Å². The second-order valence-corrected chi connectivity index (χ2v) is 6.30. The number of allylic oxidation sites excluding steroid dienone is 4. The summed E-state index contributed by atoms with van der Waals surface area (Å²) in [4.78, 5) is 5.03. The third-order valence-corrected chi connectivity index (χ3v) is 4.00. The number of aromatic nitrogens is 2. The molecule has 2 N–H and O–H groups in total. The lowest BCUT2D eigenvalue weighted by atomic mass is 9.95. The highest BCUT2D eigenvalue weighted by Gasteiger charge is 2.18. The minimum absolute atomic E-state index is 0.340. The van der Waals surface area contributed by atoms with Gasteiger partial charge >= 0.3 is 0 Å². The third-order valence-electron chi connectivity index (χ3n) is 4.00.